The first kappa shape index (κ1) is 15.1. The van der Waals surface area contributed by atoms with Crippen molar-refractivity contribution in [3.05, 3.63) is 35.4 Å². The SMILES string of the molecule is C=I[C@@H]1CCC[C@H]2C(c3cccc(C)c3)=NN=CC2CC1. The maximum absolute atomic E-state index is 4.52. The molecule has 0 spiro atoms. The Morgan fingerprint density at radius 2 is 2.10 bits per heavy atom. The fourth-order valence-electron chi connectivity index (χ4n) is 3.50. The van der Waals surface area contributed by atoms with Crippen molar-refractivity contribution in [2.45, 2.75) is 43.0 Å². The maximum Gasteiger partial charge on any atom is 0.0739 e. The summed E-state index contributed by atoms with van der Waals surface area (Å²) in [7, 11) is 0. The summed E-state index contributed by atoms with van der Waals surface area (Å²) < 4.78 is 5.13. The molecule has 0 N–H and O–H groups in total. The standard InChI is InChI=1S/C18H23IN2/c1-13-5-3-6-14(11-13)18-17-8-4-7-16(19-2)10-9-15(17)12-20-21-18/h3,5-6,11-12,15-17H,2,4,7-10H2,1H3/t15?,16-,17-/m1/s1. The van der Waals surface area contributed by atoms with Gasteiger partial charge in [0.1, 0.15) is 0 Å². The fourth-order valence-corrected chi connectivity index (χ4v) is 5.18. The molecule has 2 aliphatic rings. The van der Waals surface area contributed by atoms with Crippen LogP contribution in [0.2, 0.25) is 0 Å². The lowest BCUT2D eigenvalue weighted by Crippen LogP contribution is -2.30. The van der Waals surface area contributed by atoms with E-state index in [0.29, 0.717) is 11.8 Å². The van der Waals surface area contributed by atoms with Crippen LogP contribution in [-0.2, 0) is 0 Å². The van der Waals surface area contributed by atoms with Gasteiger partial charge in [0.2, 0.25) is 0 Å². The summed E-state index contributed by atoms with van der Waals surface area (Å²) >= 11 is 0.146. The lowest BCUT2D eigenvalue weighted by atomic mass is 9.77. The molecule has 1 unspecified atom stereocenters. The molecule has 1 saturated carbocycles. The number of hydrogen-bond acceptors (Lipinski definition) is 2. The topological polar surface area (TPSA) is 24.7 Å². The zero-order valence-electron chi connectivity index (χ0n) is 12.6. The van der Waals surface area contributed by atoms with Gasteiger partial charge in [-0.3, -0.25) is 0 Å². The highest BCUT2D eigenvalue weighted by Gasteiger charge is 2.30. The molecule has 3 atom stereocenters. The van der Waals surface area contributed by atoms with Crippen LogP contribution >= 0.6 is 20.7 Å². The largest absolute Gasteiger partial charge is 0.163 e. The molecule has 0 amide bonds. The van der Waals surface area contributed by atoms with E-state index in [4.69, 9.17) is 0 Å². The fraction of sp³-hybridized carbons (Fsp3) is 0.500. The van der Waals surface area contributed by atoms with Crippen LogP contribution in [0.4, 0.5) is 0 Å². The van der Waals surface area contributed by atoms with E-state index in [2.05, 4.69) is 52.1 Å². The third-order valence-corrected chi connectivity index (χ3v) is 7.16. The third-order valence-electron chi connectivity index (χ3n) is 4.67. The molecule has 3 heteroatoms. The average molecular weight is 394 g/mol. The average Bonchev–Trinajstić information content (AvgIpc) is 2.48. The smallest absolute Gasteiger partial charge is 0.0739 e. The van der Waals surface area contributed by atoms with Crippen LogP contribution in [0.1, 0.15) is 43.2 Å². The third kappa shape index (κ3) is 3.50. The van der Waals surface area contributed by atoms with E-state index in [-0.39, 0.29) is 20.7 Å². The summed E-state index contributed by atoms with van der Waals surface area (Å²) in [6, 6.07) is 8.72. The van der Waals surface area contributed by atoms with E-state index in [1.165, 1.54) is 48.9 Å². The minimum Gasteiger partial charge on any atom is -0.163 e. The van der Waals surface area contributed by atoms with Gasteiger partial charge in [0.05, 0.1) is 5.71 Å². The number of halogens is 1. The maximum atomic E-state index is 4.52. The molecule has 21 heavy (non-hydrogen) atoms. The zero-order valence-corrected chi connectivity index (χ0v) is 14.8. The molecular weight excluding hydrogens is 371 g/mol. The molecule has 1 aliphatic heterocycles. The Labute approximate surface area is 137 Å². The molecule has 1 aromatic carbocycles. The first-order valence-corrected chi connectivity index (χ1v) is 10.6. The van der Waals surface area contributed by atoms with Crippen LogP contribution in [0.15, 0.2) is 34.5 Å². The quantitative estimate of drug-likeness (QED) is 0.511. The van der Waals surface area contributed by atoms with E-state index in [0.717, 1.165) is 3.92 Å². The molecule has 0 bridgehead atoms. The summed E-state index contributed by atoms with van der Waals surface area (Å²) in [6.07, 6.45) is 8.65. The number of fused-ring (bicyclic) bond motifs is 1. The number of hydrogen-bond donors (Lipinski definition) is 0. The molecule has 1 heterocycles. The predicted molar refractivity (Wildman–Crippen MR) is 101 cm³/mol. The van der Waals surface area contributed by atoms with Crippen molar-refractivity contribution in [1.29, 1.82) is 0 Å². The number of aryl methyl sites for hydroxylation is 1. The van der Waals surface area contributed by atoms with Gasteiger partial charge in [-0.05, 0) is 38.2 Å². The van der Waals surface area contributed by atoms with E-state index >= 15 is 0 Å². The molecule has 112 valence electrons. The van der Waals surface area contributed by atoms with Gasteiger partial charge >= 0.3 is 0 Å². The van der Waals surface area contributed by atoms with Crippen molar-refractivity contribution in [2.75, 3.05) is 0 Å². The summed E-state index contributed by atoms with van der Waals surface area (Å²) in [5, 5.41) is 8.85. The second-order valence-corrected chi connectivity index (χ2v) is 8.79. The Kier molecular flexibility index (Phi) is 4.99. The molecular formula is C18H23IN2. The molecule has 1 fully saturated rings. The van der Waals surface area contributed by atoms with Crippen LogP contribution in [0.3, 0.4) is 0 Å². The van der Waals surface area contributed by atoms with Crippen molar-refractivity contribution < 1.29 is 0 Å². The van der Waals surface area contributed by atoms with Crippen LogP contribution < -0.4 is 0 Å². The summed E-state index contributed by atoms with van der Waals surface area (Å²) in [5.74, 6) is 1.14. The second kappa shape index (κ2) is 6.95. The minimum atomic E-state index is 0.146. The van der Waals surface area contributed by atoms with Crippen LogP contribution in [0.5, 0.6) is 0 Å². The molecule has 2 nitrogen and oxygen atoms in total. The van der Waals surface area contributed by atoms with E-state index in [9.17, 15) is 0 Å². The zero-order chi connectivity index (χ0) is 14.7. The van der Waals surface area contributed by atoms with Gasteiger partial charge < -0.3 is 0 Å². The summed E-state index contributed by atoms with van der Waals surface area (Å²) in [6.45, 7) is 2.15. The Balaban J connectivity index is 1.84. The molecule has 3 rings (SSSR count). The number of nitrogens with zero attached hydrogens (tertiary/aromatic N) is 2. The molecule has 0 aromatic heterocycles. The molecule has 1 aliphatic carbocycles. The predicted octanol–water partition coefficient (Wildman–Crippen LogP) is 4.75. The lowest BCUT2D eigenvalue weighted by molar-refractivity contribution is 0.406. The second-order valence-electron chi connectivity index (χ2n) is 6.15. The highest BCUT2D eigenvalue weighted by atomic mass is 127. The van der Waals surface area contributed by atoms with Gasteiger partial charge in [-0.25, -0.2) is 0 Å². The van der Waals surface area contributed by atoms with Crippen molar-refractivity contribution >= 4 is 37.2 Å². The number of alkyl halides is 1. The van der Waals surface area contributed by atoms with Gasteiger partial charge in [-0.2, -0.15) is 10.2 Å². The first-order chi connectivity index (χ1) is 10.3. The van der Waals surface area contributed by atoms with Gasteiger partial charge in [0.25, 0.3) is 0 Å². The lowest BCUT2D eigenvalue weighted by Gasteiger charge is -2.31. The summed E-state index contributed by atoms with van der Waals surface area (Å²) in [4.78, 5) is 0. The van der Waals surface area contributed by atoms with Crippen molar-refractivity contribution in [3.63, 3.8) is 0 Å². The van der Waals surface area contributed by atoms with Crippen LogP contribution in [0, 0.1) is 18.8 Å². The normalized spacial score (nSPS) is 29.2. The Morgan fingerprint density at radius 3 is 2.90 bits per heavy atom. The Morgan fingerprint density at radius 1 is 1.19 bits per heavy atom. The first-order valence-electron chi connectivity index (χ1n) is 7.83. The van der Waals surface area contributed by atoms with Crippen molar-refractivity contribution in [2.24, 2.45) is 22.0 Å². The van der Waals surface area contributed by atoms with Crippen LogP contribution in [-0.4, -0.2) is 20.4 Å². The van der Waals surface area contributed by atoms with E-state index in [1.54, 1.807) is 0 Å². The monoisotopic (exact) mass is 394 g/mol. The van der Waals surface area contributed by atoms with Gasteiger partial charge in [-0.15, -0.1) is 20.7 Å². The summed E-state index contributed by atoms with van der Waals surface area (Å²) in [5.41, 5.74) is 3.78. The number of rotatable bonds is 2. The van der Waals surface area contributed by atoms with Gasteiger partial charge in [0.15, 0.2) is 0 Å². The van der Waals surface area contributed by atoms with Crippen molar-refractivity contribution in [1.82, 2.24) is 0 Å². The van der Waals surface area contributed by atoms with Gasteiger partial charge in [0, 0.05) is 22.0 Å². The molecule has 0 saturated heterocycles. The van der Waals surface area contributed by atoms with Crippen molar-refractivity contribution in [3.8, 4) is 0 Å². The molecule has 1 aromatic rings. The highest BCUT2D eigenvalue weighted by molar-refractivity contribution is 14.2. The van der Waals surface area contributed by atoms with E-state index in [1.807, 2.05) is 0 Å². The number of benzene rings is 1. The Bertz CT molecular complexity index is 576. The van der Waals surface area contributed by atoms with Gasteiger partial charge in [-0.1, -0.05) is 40.8 Å². The minimum absolute atomic E-state index is 0.146. The van der Waals surface area contributed by atoms with E-state index < -0.39 is 0 Å². The van der Waals surface area contributed by atoms with Crippen LogP contribution in [0.25, 0.3) is 0 Å². The molecule has 0 radical (unpaired) electrons. The Hall–Kier alpha value is -0.840. The highest BCUT2D eigenvalue weighted by Crippen LogP contribution is 2.35.